The van der Waals surface area contributed by atoms with Crippen LogP contribution in [0.1, 0.15) is 187 Å². The summed E-state index contributed by atoms with van der Waals surface area (Å²) in [6.45, 7) is 4.52. The highest BCUT2D eigenvalue weighted by Crippen LogP contribution is 2.14. The molecule has 0 heterocycles. The molecule has 0 saturated heterocycles. The monoisotopic (exact) mass is 788 g/mol. The molecule has 2 unspecified atom stereocenters. The molecule has 0 rings (SSSR count). The zero-order valence-corrected chi connectivity index (χ0v) is 36.8. The molecule has 8 heteroatoms. The summed E-state index contributed by atoms with van der Waals surface area (Å²) >= 11 is 0. The Kier molecular flexibility index (Phi) is 37.2. The lowest BCUT2D eigenvalue weighted by Gasteiger charge is -2.34. The molecule has 0 aliphatic carbocycles. The Hall–Kier alpha value is -2.71. The van der Waals surface area contributed by atoms with Gasteiger partial charge in [-0.25, -0.2) is 0 Å². The number of hydrogen-bond donors (Lipinski definition) is 0. The van der Waals surface area contributed by atoms with Crippen LogP contribution < -0.4 is 5.11 Å². The number of carbonyl (C=O) groups is 3. The van der Waals surface area contributed by atoms with Crippen LogP contribution in [0.4, 0.5) is 0 Å². The zero-order chi connectivity index (χ0) is 41.4. The molecule has 2 atom stereocenters. The summed E-state index contributed by atoms with van der Waals surface area (Å²) in [7, 11) is 5.40. The van der Waals surface area contributed by atoms with Crippen LogP contribution in [0, 0.1) is 0 Å². The number of allylic oxidation sites excluding steroid dienone is 8. The van der Waals surface area contributed by atoms with Crippen molar-refractivity contribution in [3.05, 3.63) is 48.6 Å². The minimum atomic E-state index is -1.13. The van der Waals surface area contributed by atoms with Crippen LogP contribution in [0.3, 0.4) is 0 Å². The van der Waals surface area contributed by atoms with Crippen molar-refractivity contribution in [1.82, 2.24) is 0 Å². The molecule has 0 amide bonds. The molecule has 0 aromatic rings. The maximum absolute atomic E-state index is 12.6. The number of carbonyl (C=O) groups excluding carboxylic acids is 3. The van der Waals surface area contributed by atoms with Gasteiger partial charge in [0.15, 0.2) is 6.10 Å². The predicted octanol–water partition coefficient (Wildman–Crippen LogP) is 11.1. The van der Waals surface area contributed by atoms with E-state index >= 15 is 0 Å². The molecule has 0 aromatic carbocycles. The van der Waals surface area contributed by atoms with Gasteiger partial charge in [0.1, 0.15) is 12.6 Å². The van der Waals surface area contributed by atoms with Gasteiger partial charge in [-0.05, 0) is 51.4 Å². The normalized spacial score (nSPS) is 13.4. The topological polar surface area (TPSA) is 102 Å². The van der Waals surface area contributed by atoms with Gasteiger partial charge in [-0.1, -0.05) is 165 Å². The van der Waals surface area contributed by atoms with Gasteiger partial charge in [-0.3, -0.25) is 9.59 Å². The first-order valence-corrected chi connectivity index (χ1v) is 22.7. The molecule has 0 saturated carbocycles. The number of carboxylic acids is 1. The number of rotatable bonds is 40. The Morgan fingerprint density at radius 2 is 1.00 bits per heavy atom. The molecule has 0 bridgehead atoms. The zero-order valence-electron chi connectivity index (χ0n) is 36.8. The molecule has 324 valence electrons. The summed E-state index contributed by atoms with van der Waals surface area (Å²) in [4.78, 5) is 36.8. The van der Waals surface area contributed by atoms with Gasteiger partial charge in [-0.2, -0.15) is 0 Å². The standard InChI is InChI=1S/C48H85NO7/c1-6-8-10-12-14-16-17-18-19-20-21-22-23-24-25-26-27-28-29-31-32-34-36-38-46(50)55-43-44(42-54-41-40-45(48(52)53)49(3,4)5)56-47(51)39-37-35-33-30-15-13-11-9-7-2/h8,10,14,16,18-19,21-22,44-45H,6-7,9,11-13,15,17,20,23-43H2,1-5H3/b10-8+,16-14+,19-18+,22-21+. The first-order valence-electron chi connectivity index (χ1n) is 22.7. The highest BCUT2D eigenvalue weighted by molar-refractivity contribution is 5.70. The highest BCUT2D eigenvalue weighted by Gasteiger charge is 2.25. The molecule has 0 aliphatic heterocycles. The van der Waals surface area contributed by atoms with E-state index in [-0.39, 0.29) is 42.7 Å². The van der Waals surface area contributed by atoms with Crippen molar-refractivity contribution >= 4 is 17.9 Å². The smallest absolute Gasteiger partial charge is 0.306 e. The lowest BCUT2D eigenvalue weighted by Crippen LogP contribution is -2.55. The number of likely N-dealkylation sites (N-methyl/N-ethyl adjacent to an activating group) is 1. The molecule has 0 aromatic heterocycles. The average molecular weight is 788 g/mol. The minimum absolute atomic E-state index is 0.0407. The average Bonchev–Trinajstić information content (AvgIpc) is 3.15. The highest BCUT2D eigenvalue weighted by atomic mass is 16.6. The molecule has 0 N–H and O–H groups in total. The number of quaternary nitrogens is 1. The SMILES string of the molecule is CC/C=C/C/C=C/C/C=C/C/C=C/CCCCCCCCCCCCC(=O)OCC(COCCC(C(=O)[O-])[N+](C)(C)C)OC(=O)CCCCCCCCCCC. The number of aliphatic carboxylic acids is 1. The van der Waals surface area contributed by atoms with Crippen LogP contribution in [0.2, 0.25) is 0 Å². The van der Waals surface area contributed by atoms with Crippen LogP contribution in [0.5, 0.6) is 0 Å². The fourth-order valence-electron chi connectivity index (χ4n) is 6.47. The van der Waals surface area contributed by atoms with Crippen molar-refractivity contribution in [3.63, 3.8) is 0 Å². The summed E-state index contributed by atoms with van der Waals surface area (Å²) in [6.07, 6.45) is 45.7. The molecule has 0 spiro atoms. The first-order chi connectivity index (χ1) is 27.1. The predicted molar refractivity (Wildman–Crippen MR) is 231 cm³/mol. The van der Waals surface area contributed by atoms with E-state index in [4.69, 9.17) is 14.2 Å². The Morgan fingerprint density at radius 3 is 1.48 bits per heavy atom. The Morgan fingerprint density at radius 1 is 0.554 bits per heavy atom. The van der Waals surface area contributed by atoms with Gasteiger partial charge in [0, 0.05) is 19.3 Å². The van der Waals surface area contributed by atoms with Crippen molar-refractivity contribution in [3.8, 4) is 0 Å². The lowest BCUT2D eigenvalue weighted by atomic mass is 10.1. The van der Waals surface area contributed by atoms with Gasteiger partial charge in [-0.15, -0.1) is 0 Å². The van der Waals surface area contributed by atoms with Crippen molar-refractivity contribution in [1.29, 1.82) is 0 Å². The first kappa shape index (κ1) is 53.3. The van der Waals surface area contributed by atoms with E-state index < -0.39 is 18.1 Å². The second-order valence-electron chi connectivity index (χ2n) is 16.3. The third-order valence-corrected chi connectivity index (χ3v) is 9.98. The molecule has 56 heavy (non-hydrogen) atoms. The molecule has 0 radical (unpaired) electrons. The van der Waals surface area contributed by atoms with Crippen LogP contribution in [0.25, 0.3) is 0 Å². The molecular weight excluding hydrogens is 703 g/mol. The lowest BCUT2D eigenvalue weighted by molar-refractivity contribution is -0.889. The molecule has 0 fully saturated rings. The van der Waals surface area contributed by atoms with E-state index in [0.29, 0.717) is 12.8 Å². The van der Waals surface area contributed by atoms with Gasteiger partial charge >= 0.3 is 11.9 Å². The Bertz CT molecular complexity index is 1060. The summed E-state index contributed by atoms with van der Waals surface area (Å²) in [5.41, 5.74) is 0. The number of esters is 2. The van der Waals surface area contributed by atoms with Crippen molar-refractivity contribution < 1.29 is 38.2 Å². The maximum atomic E-state index is 12.6. The second kappa shape index (κ2) is 39.1. The Balaban J connectivity index is 4.17. The van der Waals surface area contributed by atoms with Crippen LogP contribution in [-0.2, 0) is 28.6 Å². The van der Waals surface area contributed by atoms with E-state index in [1.165, 1.54) is 89.9 Å². The summed E-state index contributed by atoms with van der Waals surface area (Å²) in [5, 5.41) is 11.6. The number of nitrogens with zero attached hydrogens (tertiary/aromatic N) is 1. The fourth-order valence-corrected chi connectivity index (χ4v) is 6.47. The summed E-state index contributed by atoms with van der Waals surface area (Å²) in [5.74, 6) is -1.74. The Labute approximate surface area is 344 Å². The van der Waals surface area contributed by atoms with Crippen LogP contribution in [0.15, 0.2) is 48.6 Å². The minimum Gasteiger partial charge on any atom is -0.544 e. The summed E-state index contributed by atoms with van der Waals surface area (Å²) in [6, 6.07) is -0.724. The maximum Gasteiger partial charge on any atom is 0.306 e. The van der Waals surface area contributed by atoms with Gasteiger partial charge < -0.3 is 28.6 Å². The van der Waals surface area contributed by atoms with Crippen LogP contribution in [-0.4, -0.2) is 75.5 Å². The van der Waals surface area contributed by atoms with Gasteiger partial charge in [0.2, 0.25) is 0 Å². The third-order valence-electron chi connectivity index (χ3n) is 9.98. The number of carboxylic acid groups (broad SMARTS) is 1. The number of unbranched alkanes of at least 4 members (excludes halogenated alkanes) is 18. The summed E-state index contributed by atoms with van der Waals surface area (Å²) < 4.78 is 17.1. The van der Waals surface area contributed by atoms with E-state index in [1.807, 2.05) is 0 Å². The second-order valence-corrected chi connectivity index (χ2v) is 16.3. The van der Waals surface area contributed by atoms with Crippen molar-refractivity contribution in [2.45, 2.75) is 199 Å². The van der Waals surface area contributed by atoms with Gasteiger partial charge in [0.25, 0.3) is 0 Å². The molecular formula is C48H85NO7. The van der Waals surface area contributed by atoms with Gasteiger partial charge in [0.05, 0.1) is 40.3 Å². The van der Waals surface area contributed by atoms with Crippen molar-refractivity contribution in [2.24, 2.45) is 0 Å². The largest absolute Gasteiger partial charge is 0.544 e. The molecule has 8 nitrogen and oxygen atoms in total. The van der Waals surface area contributed by atoms with Crippen molar-refractivity contribution in [2.75, 3.05) is 41.0 Å². The third kappa shape index (κ3) is 36.9. The van der Waals surface area contributed by atoms with E-state index in [1.54, 1.807) is 21.1 Å². The number of hydrogen-bond acceptors (Lipinski definition) is 7. The fraction of sp³-hybridized carbons (Fsp3) is 0.771. The van der Waals surface area contributed by atoms with Crippen LogP contribution >= 0.6 is 0 Å². The van der Waals surface area contributed by atoms with E-state index in [2.05, 4.69) is 62.5 Å². The molecule has 0 aliphatic rings. The quantitative estimate of drug-likeness (QED) is 0.0264. The van der Waals surface area contributed by atoms with E-state index in [0.717, 1.165) is 64.2 Å². The number of ether oxygens (including phenoxy) is 3. The van der Waals surface area contributed by atoms with E-state index in [9.17, 15) is 19.5 Å².